The fourth-order valence-corrected chi connectivity index (χ4v) is 2.43. The van der Waals surface area contributed by atoms with Gasteiger partial charge >= 0.3 is 5.97 Å². The van der Waals surface area contributed by atoms with Crippen LogP contribution in [0.5, 0.6) is 0 Å². The van der Waals surface area contributed by atoms with Gasteiger partial charge < -0.3 is 4.74 Å². The highest BCUT2D eigenvalue weighted by molar-refractivity contribution is 5.74. The Bertz CT molecular complexity index is 273. The summed E-state index contributed by atoms with van der Waals surface area (Å²) < 4.78 is 5.40. The van der Waals surface area contributed by atoms with Crippen molar-refractivity contribution in [3.05, 3.63) is 12.2 Å². The molecule has 2 aliphatic rings. The highest BCUT2D eigenvalue weighted by Gasteiger charge is 2.41. The zero-order valence-corrected chi connectivity index (χ0v) is 9.12. The van der Waals surface area contributed by atoms with Gasteiger partial charge in [0, 0.05) is 0 Å². The summed E-state index contributed by atoms with van der Waals surface area (Å²) in [6.07, 6.45) is 6.58. The molecule has 0 N–H and O–H groups in total. The number of fused-ring (bicyclic) bond motifs is 2. The van der Waals surface area contributed by atoms with Crippen LogP contribution in [0.1, 0.15) is 33.6 Å². The first-order valence-electron chi connectivity index (χ1n) is 5.37. The minimum atomic E-state index is -0.345. The van der Waals surface area contributed by atoms with Gasteiger partial charge in [-0.05, 0) is 45.4 Å². The molecule has 14 heavy (non-hydrogen) atoms. The van der Waals surface area contributed by atoms with Gasteiger partial charge in [0.05, 0.1) is 5.92 Å². The van der Waals surface area contributed by atoms with E-state index in [9.17, 15) is 4.79 Å². The maximum Gasteiger partial charge on any atom is 0.310 e. The lowest BCUT2D eigenvalue weighted by Gasteiger charge is -2.24. The number of carbonyl (C=O) groups is 1. The first kappa shape index (κ1) is 9.75. The van der Waals surface area contributed by atoms with Gasteiger partial charge in [0.15, 0.2) is 0 Å². The molecule has 2 heteroatoms. The van der Waals surface area contributed by atoms with E-state index in [4.69, 9.17) is 4.74 Å². The summed E-state index contributed by atoms with van der Waals surface area (Å²) >= 11 is 0. The molecule has 0 aliphatic heterocycles. The number of hydrogen-bond acceptors (Lipinski definition) is 2. The third-order valence-electron chi connectivity index (χ3n) is 2.99. The average Bonchev–Trinajstić information content (AvgIpc) is 2.59. The summed E-state index contributed by atoms with van der Waals surface area (Å²) in [7, 11) is 0. The Labute approximate surface area is 85.3 Å². The van der Waals surface area contributed by atoms with Crippen molar-refractivity contribution >= 4 is 5.97 Å². The molecule has 0 saturated heterocycles. The van der Waals surface area contributed by atoms with E-state index in [1.54, 1.807) is 0 Å². The lowest BCUT2D eigenvalue weighted by atomic mass is 9.93. The van der Waals surface area contributed by atoms with Gasteiger partial charge in [0.1, 0.15) is 5.60 Å². The Morgan fingerprint density at radius 1 is 1.29 bits per heavy atom. The summed E-state index contributed by atoms with van der Waals surface area (Å²) in [5.74, 6) is 1.21. The summed E-state index contributed by atoms with van der Waals surface area (Å²) in [5, 5.41) is 0. The number of carbonyl (C=O) groups excluding carboxylic acids is 1. The third-order valence-corrected chi connectivity index (χ3v) is 2.99. The van der Waals surface area contributed by atoms with Crippen molar-refractivity contribution in [2.75, 3.05) is 0 Å². The van der Waals surface area contributed by atoms with E-state index in [2.05, 4.69) is 12.2 Å². The maximum atomic E-state index is 11.8. The van der Waals surface area contributed by atoms with Crippen LogP contribution in [0, 0.1) is 17.8 Å². The molecule has 3 atom stereocenters. The van der Waals surface area contributed by atoms with E-state index >= 15 is 0 Å². The second-order valence-corrected chi connectivity index (χ2v) is 5.42. The average molecular weight is 194 g/mol. The minimum absolute atomic E-state index is 0.00523. The van der Waals surface area contributed by atoms with Gasteiger partial charge in [0.2, 0.25) is 0 Å². The molecule has 0 heterocycles. The molecule has 0 spiro atoms. The molecule has 2 bridgehead atoms. The second-order valence-electron chi connectivity index (χ2n) is 5.42. The first-order chi connectivity index (χ1) is 6.46. The number of allylic oxidation sites excluding steroid dienone is 2. The van der Waals surface area contributed by atoms with E-state index in [0.717, 1.165) is 12.8 Å². The molecule has 2 nitrogen and oxygen atoms in total. The SMILES string of the molecule is CC(C)(C)OC(=O)[C@H]1C[C@H]2C=C[C@@H]1C2. The van der Waals surface area contributed by atoms with Crippen molar-refractivity contribution in [2.24, 2.45) is 17.8 Å². The quantitative estimate of drug-likeness (QED) is 0.473. The zero-order chi connectivity index (χ0) is 10.3. The van der Waals surface area contributed by atoms with Crippen LogP contribution in [0.15, 0.2) is 12.2 Å². The van der Waals surface area contributed by atoms with Crippen LogP contribution in [0.25, 0.3) is 0 Å². The number of hydrogen-bond donors (Lipinski definition) is 0. The monoisotopic (exact) mass is 194 g/mol. The highest BCUT2D eigenvalue weighted by Crippen LogP contribution is 2.44. The zero-order valence-electron chi connectivity index (χ0n) is 9.12. The fraction of sp³-hybridized carbons (Fsp3) is 0.750. The Kier molecular flexibility index (Phi) is 2.17. The van der Waals surface area contributed by atoms with Gasteiger partial charge in [-0.15, -0.1) is 0 Å². The van der Waals surface area contributed by atoms with Crippen LogP contribution in [0.4, 0.5) is 0 Å². The molecule has 1 saturated carbocycles. The van der Waals surface area contributed by atoms with Crippen molar-refractivity contribution in [1.29, 1.82) is 0 Å². The molecular weight excluding hydrogens is 176 g/mol. The highest BCUT2D eigenvalue weighted by atomic mass is 16.6. The molecule has 0 unspecified atom stereocenters. The van der Waals surface area contributed by atoms with Gasteiger partial charge in [-0.25, -0.2) is 0 Å². The van der Waals surface area contributed by atoms with Crippen LogP contribution in [0.2, 0.25) is 0 Å². The van der Waals surface area contributed by atoms with E-state index in [1.165, 1.54) is 0 Å². The van der Waals surface area contributed by atoms with E-state index in [-0.39, 0.29) is 17.5 Å². The fourth-order valence-electron chi connectivity index (χ4n) is 2.43. The molecule has 0 aromatic rings. The van der Waals surface area contributed by atoms with Crippen LogP contribution in [-0.4, -0.2) is 11.6 Å². The van der Waals surface area contributed by atoms with Gasteiger partial charge in [-0.2, -0.15) is 0 Å². The molecule has 0 amide bonds. The molecule has 0 aromatic carbocycles. The van der Waals surface area contributed by atoms with Crippen molar-refractivity contribution in [2.45, 2.75) is 39.2 Å². The number of rotatable bonds is 1. The first-order valence-corrected chi connectivity index (χ1v) is 5.37. The lowest BCUT2D eigenvalue weighted by Crippen LogP contribution is -2.30. The van der Waals surface area contributed by atoms with E-state index in [0.29, 0.717) is 11.8 Å². The maximum absolute atomic E-state index is 11.8. The van der Waals surface area contributed by atoms with Gasteiger partial charge in [-0.1, -0.05) is 12.2 Å². The van der Waals surface area contributed by atoms with Gasteiger partial charge in [-0.3, -0.25) is 4.79 Å². The van der Waals surface area contributed by atoms with Crippen LogP contribution >= 0.6 is 0 Å². The third kappa shape index (κ3) is 1.84. The molecule has 0 aromatic heterocycles. The minimum Gasteiger partial charge on any atom is -0.460 e. The second kappa shape index (κ2) is 3.11. The molecule has 78 valence electrons. The van der Waals surface area contributed by atoms with Crippen molar-refractivity contribution in [3.8, 4) is 0 Å². The molecule has 1 fully saturated rings. The standard InChI is InChI=1S/C12H18O2/c1-12(2,3)14-11(13)10-7-8-4-5-9(10)6-8/h4-5,8-10H,6-7H2,1-3H3/t8-,9+,10-/m0/s1. The Balaban J connectivity index is 1.97. The molecular formula is C12H18O2. The molecule has 2 rings (SSSR count). The van der Waals surface area contributed by atoms with Crippen LogP contribution < -0.4 is 0 Å². The van der Waals surface area contributed by atoms with E-state index < -0.39 is 0 Å². The van der Waals surface area contributed by atoms with Crippen LogP contribution in [0.3, 0.4) is 0 Å². The van der Waals surface area contributed by atoms with Crippen molar-refractivity contribution in [1.82, 2.24) is 0 Å². The predicted octanol–water partition coefficient (Wildman–Crippen LogP) is 2.54. The lowest BCUT2D eigenvalue weighted by molar-refractivity contribution is -0.160. The summed E-state index contributed by atoms with van der Waals surface area (Å²) in [4.78, 5) is 11.8. The molecule has 2 aliphatic carbocycles. The summed E-state index contributed by atoms with van der Waals surface area (Å²) in [6, 6.07) is 0. The van der Waals surface area contributed by atoms with Crippen molar-refractivity contribution in [3.63, 3.8) is 0 Å². The Morgan fingerprint density at radius 2 is 2.00 bits per heavy atom. The normalized spacial score (nSPS) is 34.9. The largest absolute Gasteiger partial charge is 0.460 e. The number of ether oxygens (including phenoxy) is 1. The summed E-state index contributed by atoms with van der Waals surface area (Å²) in [5.41, 5.74) is -0.345. The smallest absolute Gasteiger partial charge is 0.310 e. The van der Waals surface area contributed by atoms with E-state index in [1.807, 2.05) is 20.8 Å². The number of esters is 1. The van der Waals surface area contributed by atoms with Crippen LogP contribution in [-0.2, 0) is 9.53 Å². The Hall–Kier alpha value is -0.790. The topological polar surface area (TPSA) is 26.3 Å². The summed E-state index contributed by atoms with van der Waals surface area (Å²) in [6.45, 7) is 5.77. The van der Waals surface area contributed by atoms with Gasteiger partial charge in [0.25, 0.3) is 0 Å². The van der Waals surface area contributed by atoms with Crippen molar-refractivity contribution < 1.29 is 9.53 Å². The molecule has 0 radical (unpaired) electrons. The predicted molar refractivity (Wildman–Crippen MR) is 54.7 cm³/mol. The Morgan fingerprint density at radius 3 is 2.43 bits per heavy atom.